The minimum Gasteiger partial charge on any atom is -0.377 e. The second-order valence-electron chi connectivity index (χ2n) is 4.21. The van der Waals surface area contributed by atoms with Crippen molar-refractivity contribution in [2.75, 3.05) is 7.11 Å². The molecule has 1 unspecified atom stereocenters. The Morgan fingerprint density at radius 3 is 2.73 bits per heavy atom. The molecule has 0 spiro atoms. The largest absolute Gasteiger partial charge is 0.377 e. The summed E-state index contributed by atoms with van der Waals surface area (Å²) in [6.07, 6.45) is 2.67. The number of hydrogen-bond donors (Lipinski definition) is 2. The van der Waals surface area contributed by atoms with Crippen LogP contribution in [0.25, 0.3) is 0 Å². The van der Waals surface area contributed by atoms with E-state index in [1.165, 1.54) is 0 Å². The quantitative estimate of drug-likeness (QED) is 0.541. The lowest BCUT2D eigenvalue weighted by Crippen LogP contribution is -2.52. The van der Waals surface area contributed by atoms with Crippen LogP contribution in [0.15, 0.2) is 12.3 Å². The van der Waals surface area contributed by atoms with E-state index < -0.39 is 0 Å². The average Bonchev–Trinajstić information content (AvgIpc) is 2.60. The maximum Gasteiger partial charge on any atom is 0.0792 e. The van der Waals surface area contributed by atoms with Crippen LogP contribution in [0.2, 0.25) is 0 Å². The molecule has 1 rings (SSSR count). The van der Waals surface area contributed by atoms with Crippen molar-refractivity contribution in [3.63, 3.8) is 0 Å². The summed E-state index contributed by atoms with van der Waals surface area (Å²) in [5.41, 5.74) is 3.47. The van der Waals surface area contributed by atoms with Crippen molar-refractivity contribution in [1.82, 2.24) is 15.2 Å². The Bertz CT molecular complexity index is 308. The third-order valence-electron chi connectivity index (χ3n) is 2.75. The van der Waals surface area contributed by atoms with Crippen molar-refractivity contribution in [2.45, 2.75) is 31.9 Å². The first kappa shape index (κ1) is 12.2. The lowest BCUT2D eigenvalue weighted by atomic mass is 9.95. The standard InChI is InChI=1S/C10H20N4O/c1-10(2,15-4)9(12-11)7-8-5-6-14(3)13-8/h5-6,9,12H,7,11H2,1-4H3. The van der Waals surface area contributed by atoms with Crippen molar-refractivity contribution in [2.24, 2.45) is 12.9 Å². The molecule has 0 aliphatic carbocycles. The Morgan fingerprint density at radius 1 is 1.67 bits per heavy atom. The highest BCUT2D eigenvalue weighted by molar-refractivity contribution is 5.03. The van der Waals surface area contributed by atoms with Gasteiger partial charge in [0.05, 0.1) is 17.3 Å². The van der Waals surface area contributed by atoms with Gasteiger partial charge in [-0.1, -0.05) is 0 Å². The number of nitrogens with two attached hydrogens (primary N) is 1. The predicted molar refractivity (Wildman–Crippen MR) is 59.1 cm³/mol. The molecule has 5 nitrogen and oxygen atoms in total. The molecule has 1 aromatic heterocycles. The second-order valence-corrected chi connectivity index (χ2v) is 4.21. The van der Waals surface area contributed by atoms with Crippen LogP contribution < -0.4 is 11.3 Å². The molecule has 15 heavy (non-hydrogen) atoms. The van der Waals surface area contributed by atoms with E-state index in [0.29, 0.717) is 0 Å². The summed E-state index contributed by atoms with van der Waals surface area (Å²) in [7, 11) is 3.58. The molecule has 0 saturated heterocycles. The van der Waals surface area contributed by atoms with Crippen molar-refractivity contribution >= 4 is 0 Å². The van der Waals surface area contributed by atoms with Gasteiger partial charge in [0, 0.05) is 26.8 Å². The number of methoxy groups -OCH3 is 1. The SMILES string of the molecule is COC(C)(C)C(Cc1ccn(C)n1)NN. The fraction of sp³-hybridized carbons (Fsp3) is 0.700. The smallest absolute Gasteiger partial charge is 0.0792 e. The van der Waals surface area contributed by atoms with Crippen LogP contribution in [-0.2, 0) is 18.2 Å². The van der Waals surface area contributed by atoms with Crippen LogP contribution >= 0.6 is 0 Å². The number of ether oxygens (including phenoxy) is 1. The Labute approximate surface area is 90.6 Å². The Hall–Kier alpha value is -0.910. The van der Waals surface area contributed by atoms with Crippen LogP contribution in [0.5, 0.6) is 0 Å². The molecule has 1 heterocycles. The minimum atomic E-state index is -0.313. The third-order valence-corrected chi connectivity index (χ3v) is 2.75. The van der Waals surface area contributed by atoms with E-state index in [1.807, 2.05) is 33.2 Å². The number of aryl methyl sites for hydroxylation is 1. The summed E-state index contributed by atoms with van der Waals surface area (Å²) in [6.45, 7) is 4.00. The number of hydrazine groups is 1. The van der Waals surface area contributed by atoms with E-state index in [9.17, 15) is 0 Å². The van der Waals surface area contributed by atoms with E-state index in [1.54, 1.807) is 11.8 Å². The number of aromatic nitrogens is 2. The summed E-state index contributed by atoms with van der Waals surface area (Å²) < 4.78 is 7.17. The van der Waals surface area contributed by atoms with Crippen LogP contribution in [0.4, 0.5) is 0 Å². The normalized spacial score (nSPS) is 14.2. The monoisotopic (exact) mass is 212 g/mol. The molecular weight excluding hydrogens is 192 g/mol. The lowest BCUT2D eigenvalue weighted by molar-refractivity contribution is -0.0103. The van der Waals surface area contributed by atoms with Gasteiger partial charge in [0.15, 0.2) is 0 Å². The van der Waals surface area contributed by atoms with Gasteiger partial charge in [-0.3, -0.25) is 16.0 Å². The van der Waals surface area contributed by atoms with Crippen molar-refractivity contribution < 1.29 is 4.74 Å². The van der Waals surface area contributed by atoms with Gasteiger partial charge in [0.2, 0.25) is 0 Å². The molecule has 86 valence electrons. The van der Waals surface area contributed by atoms with Gasteiger partial charge in [0.1, 0.15) is 0 Å². The maximum atomic E-state index is 5.52. The second kappa shape index (κ2) is 4.74. The number of nitrogens with zero attached hydrogens (tertiary/aromatic N) is 2. The summed E-state index contributed by atoms with van der Waals surface area (Å²) >= 11 is 0. The first-order chi connectivity index (χ1) is 6.99. The number of rotatable bonds is 5. The molecule has 0 aliphatic rings. The Balaban J connectivity index is 2.69. The molecule has 3 N–H and O–H groups in total. The van der Waals surface area contributed by atoms with E-state index in [0.717, 1.165) is 12.1 Å². The van der Waals surface area contributed by atoms with E-state index in [4.69, 9.17) is 10.6 Å². The molecule has 5 heteroatoms. The zero-order valence-corrected chi connectivity index (χ0v) is 9.82. The third kappa shape index (κ3) is 3.02. The fourth-order valence-corrected chi connectivity index (χ4v) is 1.43. The van der Waals surface area contributed by atoms with Gasteiger partial charge in [-0.15, -0.1) is 0 Å². The summed E-state index contributed by atoms with van der Waals surface area (Å²) in [6, 6.07) is 2.02. The summed E-state index contributed by atoms with van der Waals surface area (Å²) in [5.74, 6) is 5.52. The first-order valence-corrected chi connectivity index (χ1v) is 4.99. The molecule has 0 amide bonds. The highest BCUT2D eigenvalue weighted by atomic mass is 16.5. The van der Waals surface area contributed by atoms with E-state index >= 15 is 0 Å². The zero-order valence-electron chi connectivity index (χ0n) is 9.82. The topological polar surface area (TPSA) is 65.1 Å². The van der Waals surface area contributed by atoms with Crippen molar-refractivity contribution in [3.05, 3.63) is 18.0 Å². The Kier molecular flexibility index (Phi) is 3.84. The molecule has 0 saturated carbocycles. The molecule has 0 bridgehead atoms. The van der Waals surface area contributed by atoms with Crippen molar-refractivity contribution in [3.8, 4) is 0 Å². The average molecular weight is 212 g/mol. The van der Waals surface area contributed by atoms with Gasteiger partial charge >= 0.3 is 0 Å². The van der Waals surface area contributed by atoms with Gasteiger partial charge in [-0.2, -0.15) is 5.10 Å². The molecule has 0 radical (unpaired) electrons. The van der Waals surface area contributed by atoms with Crippen LogP contribution in [-0.4, -0.2) is 28.5 Å². The minimum absolute atomic E-state index is 0.0393. The van der Waals surface area contributed by atoms with Crippen LogP contribution in [0, 0.1) is 0 Å². The van der Waals surface area contributed by atoms with E-state index in [-0.39, 0.29) is 11.6 Å². The summed E-state index contributed by atoms with van der Waals surface area (Å²) in [5, 5.41) is 4.31. The van der Waals surface area contributed by atoms with Gasteiger partial charge in [-0.05, 0) is 19.9 Å². The Morgan fingerprint density at radius 2 is 2.33 bits per heavy atom. The number of hydrogen-bond acceptors (Lipinski definition) is 4. The molecule has 1 atom stereocenters. The molecule has 0 aliphatic heterocycles. The van der Waals surface area contributed by atoms with E-state index in [2.05, 4.69) is 10.5 Å². The lowest BCUT2D eigenvalue weighted by Gasteiger charge is -2.32. The molecule has 0 aromatic carbocycles. The molecule has 0 fully saturated rings. The zero-order chi connectivity index (χ0) is 11.5. The highest BCUT2D eigenvalue weighted by Gasteiger charge is 2.29. The summed E-state index contributed by atoms with van der Waals surface area (Å²) in [4.78, 5) is 0. The fourth-order valence-electron chi connectivity index (χ4n) is 1.43. The number of nitrogens with one attached hydrogen (secondary N) is 1. The van der Waals surface area contributed by atoms with Crippen LogP contribution in [0.1, 0.15) is 19.5 Å². The maximum absolute atomic E-state index is 5.52. The molecular formula is C10H20N4O. The predicted octanol–water partition coefficient (Wildman–Crippen LogP) is 0.220. The van der Waals surface area contributed by atoms with Gasteiger partial charge in [0.25, 0.3) is 0 Å². The van der Waals surface area contributed by atoms with Crippen LogP contribution in [0.3, 0.4) is 0 Å². The van der Waals surface area contributed by atoms with Crippen molar-refractivity contribution in [1.29, 1.82) is 0 Å². The van der Waals surface area contributed by atoms with Gasteiger partial charge in [-0.25, -0.2) is 0 Å². The first-order valence-electron chi connectivity index (χ1n) is 4.99. The van der Waals surface area contributed by atoms with Gasteiger partial charge < -0.3 is 4.74 Å². The molecule has 1 aromatic rings. The highest BCUT2D eigenvalue weighted by Crippen LogP contribution is 2.16.